The Balaban J connectivity index is 2.22. The van der Waals surface area contributed by atoms with Gasteiger partial charge in [-0.15, -0.1) is 0 Å². The maximum atomic E-state index is 6.20. The number of ether oxygens (including phenoxy) is 2. The highest BCUT2D eigenvalue weighted by Crippen LogP contribution is 2.28. The van der Waals surface area contributed by atoms with Crippen LogP contribution in [0.2, 0.25) is 5.02 Å². The number of nitrogens with two attached hydrogens (primary N) is 1. The Hall–Kier alpha value is -0.620. The maximum absolute atomic E-state index is 6.20. The molecule has 2 unspecified atom stereocenters. The lowest BCUT2D eigenvalue weighted by molar-refractivity contribution is -0.0984. The molecule has 0 amide bonds. The van der Waals surface area contributed by atoms with E-state index in [9.17, 15) is 0 Å². The molecule has 2 heterocycles. The van der Waals surface area contributed by atoms with Crippen LogP contribution in [0.4, 0.5) is 0 Å². The third-order valence-corrected chi connectivity index (χ3v) is 3.13. The second-order valence-corrected chi connectivity index (χ2v) is 4.83. The zero-order chi connectivity index (χ0) is 12.4. The first-order valence-corrected chi connectivity index (χ1v) is 6.17. The summed E-state index contributed by atoms with van der Waals surface area (Å²) in [6.07, 6.45) is 1.47. The lowest BCUT2D eigenvalue weighted by atomic mass is 10.1. The van der Waals surface area contributed by atoms with E-state index in [0.29, 0.717) is 24.8 Å². The molecule has 96 valence electrons. The molecule has 1 aliphatic rings. The Kier molecular flexibility index (Phi) is 4.04. The summed E-state index contributed by atoms with van der Waals surface area (Å²) in [5.41, 5.74) is 7.02. The zero-order valence-corrected chi connectivity index (χ0v) is 10.9. The lowest BCUT2D eigenvalue weighted by Crippen LogP contribution is -2.39. The van der Waals surface area contributed by atoms with Crippen LogP contribution in [0.15, 0.2) is 6.20 Å². The molecular formula is C11H18ClN3O2. The van der Waals surface area contributed by atoms with Gasteiger partial charge in [0.1, 0.15) is 6.10 Å². The molecule has 0 radical (unpaired) electrons. The fourth-order valence-electron chi connectivity index (χ4n) is 1.96. The Morgan fingerprint density at radius 2 is 2.29 bits per heavy atom. The van der Waals surface area contributed by atoms with E-state index >= 15 is 0 Å². The van der Waals surface area contributed by atoms with Crippen LogP contribution in [0, 0.1) is 0 Å². The van der Waals surface area contributed by atoms with Crippen molar-refractivity contribution >= 4 is 11.6 Å². The molecule has 1 aromatic heterocycles. The summed E-state index contributed by atoms with van der Waals surface area (Å²) in [6, 6.07) is -0.0965. The minimum atomic E-state index is -0.312. The molecule has 2 rings (SSSR count). The SMILES string of the molecule is CC(C)n1ncc(Cl)c1C(N)C1COCCO1. The summed E-state index contributed by atoms with van der Waals surface area (Å²) in [5, 5.41) is 4.82. The van der Waals surface area contributed by atoms with Crippen molar-refractivity contribution in [2.75, 3.05) is 19.8 Å². The highest BCUT2D eigenvalue weighted by atomic mass is 35.5. The van der Waals surface area contributed by atoms with Crippen molar-refractivity contribution in [3.05, 3.63) is 16.9 Å². The lowest BCUT2D eigenvalue weighted by Gasteiger charge is -2.29. The molecule has 1 fully saturated rings. The second-order valence-electron chi connectivity index (χ2n) is 4.43. The summed E-state index contributed by atoms with van der Waals surface area (Å²) in [7, 11) is 0. The predicted molar refractivity (Wildman–Crippen MR) is 65.1 cm³/mol. The maximum Gasteiger partial charge on any atom is 0.102 e. The number of halogens is 1. The quantitative estimate of drug-likeness (QED) is 0.894. The van der Waals surface area contributed by atoms with Gasteiger partial charge >= 0.3 is 0 Å². The van der Waals surface area contributed by atoms with E-state index in [-0.39, 0.29) is 18.2 Å². The van der Waals surface area contributed by atoms with E-state index in [0.717, 1.165) is 5.69 Å². The van der Waals surface area contributed by atoms with Crippen molar-refractivity contribution in [3.63, 3.8) is 0 Å². The van der Waals surface area contributed by atoms with Crippen LogP contribution in [0.5, 0.6) is 0 Å². The fourth-order valence-corrected chi connectivity index (χ4v) is 2.22. The van der Waals surface area contributed by atoms with Crippen LogP contribution >= 0.6 is 11.6 Å². The van der Waals surface area contributed by atoms with Crippen LogP contribution < -0.4 is 5.73 Å². The minimum absolute atomic E-state index is 0.157. The summed E-state index contributed by atoms with van der Waals surface area (Å²) < 4.78 is 12.8. The zero-order valence-electron chi connectivity index (χ0n) is 10.1. The van der Waals surface area contributed by atoms with Crippen molar-refractivity contribution < 1.29 is 9.47 Å². The van der Waals surface area contributed by atoms with Gasteiger partial charge in [0.15, 0.2) is 0 Å². The van der Waals surface area contributed by atoms with Gasteiger partial charge in [0, 0.05) is 6.04 Å². The van der Waals surface area contributed by atoms with E-state index in [1.54, 1.807) is 6.20 Å². The first kappa shape index (κ1) is 12.8. The van der Waals surface area contributed by atoms with Gasteiger partial charge in [-0.25, -0.2) is 0 Å². The molecular weight excluding hydrogens is 242 g/mol. The molecule has 0 aromatic carbocycles. The summed E-state index contributed by atoms with van der Waals surface area (Å²) in [4.78, 5) is 0. The van der Waals surface area contributed by atoms with Crippen LogP contribution in [0.25, 0.3) is 0 Å². The molecule has 1 aromatic rings. The number of nitrogens with zero attached hydrogens (tertiary/aromatic N) is 2. The van der Waals surface area contributed by atoms with E-state index in [2.05, 4.69) is 5.10 Å². The first-order valence-electron chi connectivity index (χ1n) is 5.79. The summed E-state index contributed by atoms with van der Waals surface area (Å²) in [5.74, 6) is 0. The van der Waals surface area contributed by atoms with Gasteiger partial charge < -0.3 is 15.2 Å². The summed E-state index contributed by atoms with van der Waals surface area (Å²) in [6.45, 7) is 5.78. The van der Waals surface area contributed by atoms with Crippen molar-refractivity contribution in [2.24, 2.45) is 5.73 Å². The molecule has 0 bridgehead atoms. The Morgan fingerprint density at radius 1 is 1.53 bits per heavy atom. The predicted octanol–water partition coefficient (Wildman–Crippen LogP) is 1.53. The smallest absolute Gasteiger partial charge is 0.102 e. The van der Waals surface area contributed by atoms with Gasteiger partial charge in [0.25, 0.3) is 0 Å². The van der Waals surface area contributed by atoms with Gasteiger partial charge in [-0.05, 0) is 13.8 Å². The number of hydrogen-bond acceptors (Lipinski definition) is 4. The van der Waals surface area contributed by atoms with Gasteiger partial charge in [-0.3, -0.25) is 4.68 Å². The molecule has 0 spiro atoms. The molecule has 6 heteroatoms. The molecule has 0 aliphatic carbocycles. The molecule has 17 heavy (non-hydrogen) atoms. The Bertz CT molecular complexity index is 375. The van der Waals surface area contributed by atoms with Gasteiger partial charge in [-0.1, -0.05) is 11.6 Å². The van der Waals surface area contributed by atoms with Crippen LogP contribution in [-0.4, -0.2) is 35.7 Å². The average molecular weight is 260 g/mol. The molecule has 1 aliphatic heterocycles. The largest absolute Gasteiger partial charge is 0.376 e. The highest BCUT2D eigenvalue weighted by Gasteiger charge is 2.28. The van der Waals surface area contributed by atoms with Gasteiger partial charge in [0.2, 0.25) is 0 Å². The van der Waals surface area contributed by atoms with Crippen LogP contribution in [0.1, 0.15) is 31.6 Å². The molecule has 5 nitrogen and oxygen atoms in total. The van der Waals surface area contributed by atoms with Crippen molar-refractivity contribution in [2.45, 2.75) is 32.0 Å². The number of rotatable bonds is 3. The van der Waals surface area contributed by atoms with E-state index in [4.69, 9.17) is 26.8 Å². The average Bonchev–Trinajstić information content (AvgIpc) is 2.71. The molecule has 2 N–H and O–H groups in total. The molecule has 1 saturated heterocycles. The molecule has 2 atom stereocenters. The van der Waals surface area contributed by atoms with Crippen LogP contribution in [-0.2, 0) is 9.47 Å². The minimum Gasteiger partial charge on any atom is -0.376 e. The summed E-state index contributed by atoms with van der Waals surface area (Å²) >= 11 is 6.14. The monoisotopic (exact) mass is 259 g/mol. The normalized spacial score (nSPS) is 23.0. The molecule has 0 saturated carbocycles. The Morgan fingerprint density at radius 3 is 2.88 bits per heavy atom. The second kappa shape index (κ2) is 5.35. The number of hydrogen-bond donors (Lipinski definition) is 1. The third-order valence-electron chi connectivity index (χ3n) is 2.83. The van der Waals surface area contributed by atoms with Crippen molar-refractivity contribution in [1.82, 2.24) is 9.78 Å². The fraction of sp³-hybridized carbons (Fsp3) is 0.727. The van der Waals surface area contributed by atoms with Crippen molar-refractivity contribution in [3.8, 4) is 0 Å². The topological polar surface area (TPSA) is 62.3 Å². The van der Waals surface area contributed by atoms with Crippen LogP contribution in [0.3, 0.4) is 0 Å². The Labute approximate surface area is 106 Å². The van der Waals surface area contributed by atoms with Gasteiger partial charge in [-0.2, -0.15) is 5.10 Å². The third kappa shape index (κ3) is 2.63. The van der Waals surface area contributed by atoms with Gasteiger partial charge in [0.05, 0.1) is 42.8 Å². The standard InChI is InChI=1S/C11H18ClN3O2/c1-7(2)15-11(8(12)5-14-15)10(13)9-6-16-3-4-17-9/h5,7,9-10H,3-4,6,13H2,1-2H3. The number of aromatic nitrogens is 2. The first-order chi connectivity index (χ1) is 8.11. The van der Waals surface area contributed by atoms with E-state index in [1.807, 2.05) is 18.5 Å². The van der Waals surface area contributed by atoms with E-state index < -0.39 is 0 Å². The van der Waals surface area contributed by atoms with E-state index in [1.165, 1.54) is 0 Å². The highest BCUT2D eigenvalue weighted by molar-refractivity contribution is 6.31. The van der Waals surface area contributed by atoms with Crippen molar-refractivity contribution in [1.29, 1.82) is 0 Å².